The molecule has 1 saturated heterocycles. The van der Waals surface area contributed by atoms with E-state index < -0.39 is 0 Å². The highest BCUT2D eigenvalue weighted by molar-refractivity contribution is 5.93. The molecule has 0 saturated carbocycles. The lowest BCUT2D eigenvalue weighted by atomic mass is 9.98. The first kappa shape index (κ1) is 17.8. The van der Waals surface area contributed by atoms with E-state index in [2.05, 4.69) is 49.2 Å². The van der Waals surface area contributed by atoms with Gasteiger partial charge in [0.15, 0.2) is 0 Å². The summed E-state index contributed by atoms with van der Waals surface area (Å²) in [5, 5.41) is 3.18. The number of benzene rings is 1. The monoisotopic (exact) mass is 316 g/mol. The van der Waals surface area contributed by atoms with Crippen LogP contribution in [0, 0.1) is 12.8 Å². The van der Waals surface area contributed by atoms with Gasteiger partial charge in [0.05, 0.1) is 0 Å². The van der Waals surface area contributed by atoms with Crippen LogP contribution in [0.15, 0.2) is 18.2 Å². The largest absolute Gasteiger partial charge is 0.371 e. The van der Waals surface area contributed by atoms with Gasteiger partial charge in [-0.2, -0.15) is 0 Å². The fourth-order valence-electron chi connectivity index (χ4n) is 3.30. The van der Waals surface area contributed by atoms with Crippen molar-refractivity contribution in [2.45, 2.75) is 65.7 Å². The average molecular weight is 316 g/mol. The number of carbonyl (C=O) groups is 1. The maximum atomic E-state index is 12.6. The third-order valence-corrected chi connectivity index (χ3v) is 4.97. The van der Waals surface area contributed by atoms with Crippen LogP contribution in [0.4, 0.5) is 11.4 Å². The van der Waals surface area contributed by atoms with E-state index in [4.69, 9.17) is 0 Å². The molecule has 1 aromatic carbocycles. The second-order valence-corrected chi connectivity index (χ2v) is 6.78. The first-order chi connectivity index (χ1) is 11.2. The topological polar surface area (TPSA) is 32.3 Å². The van der Waals surface area contributed by atoms with Crippen molar-refractivity contribution in [2.75, 3.05) is 23.3 Å². The molecule has 2 rings (SSSR count). The number of unbranched alkanes of at least 4 members (excludes halogenated alkanes) is 1. The third-order valence-electron chi connectivity index (χ3n) is 4.97. The predicted octanol–water partition coefficient (Wildman–Crippen LogP) is 5.14. The Bertz CT molecular complexity index is 506. The van der Waals surface area contributed by atoms with E-state index in [1.54, 1.807) is 0 Å². The van der Waals surface area contributed by atoms with Gasteiger partial charge in [-0.15, -0.1) is 0 Å². The van der Waals surface area contributed by atoms with Gasteiger partial charge in [0.2, 0.25) is 5.91 Å². The van der Waals surface area contributed by atoms with Crippen LogP contribution in [-0.2, 0) is 4.79 Å². The summed E-state index contributed by atoms with van der Waals surface area (Å²) < 4.78 is 0. The van der Waals surface area contributed by atoms with Crippen molar-refractivity contribution in [1.82, 2.24) is 0 Å². The molecule has 1 aliphatic heterocycles. The number of nitrogens with zero attached hydrogens (tertiary/aromatic N) is 1. The van der Waals surface area contributed by atoms with Crippen molar-refractivity contribution in [1.29, 1.82) is 0 Å². The van der Waals surface area contributed by atoms with Crippen LogP contribution in [0.3, 0.4) is 0 Å². The van der Waals surface area contributed by atoms with Gasteiger partial charge in [-0.05, 0) is 56.7 Å². The molecule has 1 aliphatic rings. The van der Waals surface area contributed by atoms with Crippen LogP contribution in [0.1, 0.15) is 64.4 Å². The van der Waals surface area contributed by atoms with Crippen molar-refractivity contribution < 1.29 is 4.79 Å². The summed E-state index contributed by atoms with van der Waals surface area (Å²) in [5.41, 5.74) is 3.37. The number of hydrogen-bond acceptors (Lipinski definition) is 2. The summed E-state index contributed by atoms with van der Waals surface area (Å²) in [5.74, 6) is 0.313. The molecule has 1 aromatic rings. The summed E-state index contributed by atoms with van der Waals surface area (Å²) in [7, 11) is 0. The van der Waals surface area contributed by atoms with E-state index in [0.29, 0.717) is 0 Å². The van der Waals surface area contributed by atoms with E-state index in [-0.39, 0.29) is 11.8 Å². The van der Waals surface area contributed by atoms with Crippen LogP contribution >= 0.6 is 0 Å². The Labute approximate surface area is 141 Å². The van der Waals surface area contributed by atoms with Gasteiger partial charge < -0.3 is 10.2 Å². The lowest BCUT2D eigenvalue weighted by Crippen LogP contribution is -2.29. The van der Waals surface area contributed by atoms with Crippen LogP contribution in [0.2, 0.25) is 0 Å². The molecule has 1 atom stereocenters. The van der Waals surface area contributed by atoms with Crippen molar-refractivity contribution in [3.05, 3.63) is 23.8 Å². The zero-order chi connectivity index (χ0) is 16.7. The van der Waals surface area contributed by atoms with E-state index in [9.17, 15) is 4.79 Å². The van der Waals surface area contributed by atoms with E-state index >= 15 is 0 Å². The molecule has 1 unspecified atom stereocenters. The molecule has 1 heterocycles. The Morgan fingerprint density at radius 2 is 1.96 bits per heavy atom. The van der Waals surface area contributed by atoms with Crippen LogP contribution in [-0.4, -0.2) is 19.0 Å². The Morgan fingerprint density at radius 1 is 1.22 bits per heavy atom. The zero-order valence-electron chi connectivity index (χ0n) is 15.0. The minimum atomic E-state index is 0.132. The maximum Gasteiger partial charge on any atom is 0.227 e. The van der Waals surface area contributed by atoms with Gasteiger partial charge in [-0.3, -0.25) is 4.79 Å². The van der Waals surface area contributed by atoms with Gasteiger partial charge in [0.25, 0.3) is 0 Å². The molecule has 0 bridgehead atoms. The van der Waals surface area contributed by atoms with E-state index in [0.717, 1.165) is 50.0 Å². The van der Waals surface area contributed by atoms with Crippen molar-refractivity contribution in [3.8, 4) is 0 Å². The van der Waals surface area contributed by atoms with Crippen LogP contribution < -0.4 is 10.2 Å². The molecule has 0 spiro atoms. The Kier molecular flexibility index (Phi) is 6.94. The number of anilines is 2. The minimum absolute atomic E-state index is 0.132. The molecule has 3 nitrogen and oxygen atoms in total. The highest BCUT2D eigenvalue weighted by atomic mass is 16.1. The second kappa shape index (κ2) is 8.95. The molecule has 23 heavy (non-hydrogen) atoms. The number of nitrogens with one attached hydrogen (secondary N) is 1. The van der Waals surface area contributed by atoms with E-state index in [1.807, 2.05) is 0 Å². The molecule has 0 radical (unpaired) electrons. The Hall–Kier alpha value is -1.51. The molecule has 1 N–H and O–H groups in total. The van der Waals surface area contributed by atoms with Crippen molar-refractivity contribution >= 4 is 17.3 Å². The third kappa shape index (κ3) is 4.98. The Balaban J connectivity index is 2.07. The van der Waals surface area contributed by atoms with Crippen LogP contribution in [0.5, 0.6) is 0 Å². The first-order valence-corrected chi connectivity index (χ1v) is 9.32. The molecule has 128 valence electrons. The fourth-order valence-corrected chi connectivity index (χ4v) is 3.30. The lowest BCUT2D eigenvalue weighted by Gasteiger charge is -2.29. The molecular weight excluding hydrogens is 284 g/mol. The molecule has 1 fully saturated rings. The summed E-state index contributed by atoms with van der Waals surface area (Å²) in [6.07, 6.45) is 8.04. The number of rotatable bonds is 7. The molecular formula is C20H32N2O. The number of amides is 1. The van der Waals surface area contributed by atoms with Gasteiger partial charge >= 0.3 is 0 Å². The van der Waals surface area contributed by atoms with Gasteiger partial charge in [0.1, 0.15) is 0 Å². The SMILES string of the molecule is CCCCC(CC)C(=O)Nc1cc(N2CCCCC2)ccc1C. The number of hydrogen-bond donors (Lipinski definition) is 1. The zero-order valence-corrected chi connectivity index (χ0v) is 15.0. The number of piperidine rings is 1. The molecule has 0 aromatic heterocycles. The van der Waals surface area contributed by atoms with Gasteiger partial charge in [0, 0.05) is 30.4 Å². The highest BCUT2D eigenvalue weighted by Crippen LogP contribution is 2.27. The van der Waals surface area contributed by atoms with Gasteiger partial charge in [-0.25, -0.2) is 0 Å². The smallest absolute Gasteiger partial charge is 0.227 e. The summed E-state index contributed by atoms with van der Waals surface area (Å²) in [6.45, 7) is 8.62. The molecule has 0 aliphatic carbocycles. The second-order valence-electron chi connectivity index (χ2n) is 6.78. The molecule has 3 heteroatoms. The summed E-state index contributed by atoms with van der Waals surface area (Å²) >= 11 is 0. The standard InChI is InChI=1S/C20H32N2O/c1-4-6-10-17(5-2)20(23)21-19-15-18(12-11-16(19)3)22-13-8-7-9-14-22/h11-12,15,17H,4-10,13-14H2,1-3H3,(H,21,23). The average Bonchev–Trinajstić information content (AvgIpc) is 2.58. The number of carbonyl (C=O) groups excluding carboxylic acids is 1. The van der Waals surface area contributed by atoms with Crippen molar-refractivity contribution in [2.24, 2.45) is 5.92 Å². The maximum absolute atomic E-state index is 12.6. The number of aryl methyl sites for hydroxylation is 1. The predicted molar refractivity (Wildman–Crippen MR) is 99.2 cm³/mol. The molecule has 1 amide bonds. The fraction of sp³-hybridized carbons (Fsp3) is 0.650. The normalized spacial score (nSPS) is 16.2. The minimum Gasteiger partial charge on any atom is -0.371 e. The van der Waals surface area contributed by atoms with Crippen molar-refractivity contribution in [3.63, 3.8) is 0 Å². The highest BCUT2D eigenvalue weighted by Gasteiger charge is 2.18. The summed E-state index contributed by atoms with van der Waals surface area (Å²) in [6, 6.07) is 6.47. The Morgan fingerprint density at radius 3 is 2.61 bits per heavy atom. The lowest BCUT2D eigenvalue weighted by molar-refractivity contribution is -0.120. The quantitative estimate of drug-likeness (QED) is 0.755. The van der Waals surface area contributed by atoms with E-state index in [1.165, 1.54) is 24.9 Å². The van der Waals surface area contributed by atoms with Crippen LogP contribution in [0.25, 0.3) is 0 Å². The van der Waals surface area contributed by atoms with Gasteiger partial charge in [-0.1, -0.05) is 32.8 Å². The summed E-state index contributed by atoms with van der Waals surface area (Å²) in [4.78, 5) is 15.0. The first-order valence-electron chi connectivity index (χ1n) is 9.32.